The first-order valence-electron chi connectivity index (χ1n) is 11.4. The molecule has 2 fully saturated rings. The third-order valence-electron chi connectivity index (χ3n) is 6.20. The summed E-state index contributed by atoms with van der Waals surface area (Å²) in [5.74, 6) is 1.47. The van der Waals surface area contributed by atoms with E-state index in [0.29, 0.717) is 40.3 Å². The summed E-state index contributed by atoms with van der Waals surface area (Å²) in [5, 5.41) is 0. The normalized spacial score (nSPS) is 17.2. The third-order valence-corrected chi connectivity index (χ3v) is 8.27. The van der Waals surface area contributed by atoms with E-state index < -0.39 is 10.0 Å². The predicted octanol–water partition coefficient (Wildman–Crippen LogP) is 3.83. The highest BCUT2D eigenvalue weighted by Crippen LogP contribution is 2.32. The van der Waals surface area contributed by atoms with Gasteiger partial charge in [-0.15, -0.1) is 0 Å². The fourth-order valence-corrected chi connectivity index (χ4v) is 5.62. The molecular formula is C24H30BrN3O5S. The molecule has 1 aliphatic carbocycles. The third kappa shape index (κ3) is 5.84. The van der Waals surface area contributed by atoms with Crippen molar-refractivity contribution in [3.63, 3.8) is 0 Å². The number of rotatable bonds is 8. The molecule has 0 spiro atoms. The molecule has 2 aromatic carbocycles. The van der Waals surface area contributed by atoms with Crippen molar-refractivity contribution in [2.24, 2.45) is 5.92 Å². The Bertz CT molecular complexity index is 1150. The van der Waals surface area contributed by atoms with E-state index in [0.717, 1.165) is 32.0 Å². The molecule has 1 N–H and O–H groups in total. The summed E-state index contributed by atoms with van der Waals surface area (Å²) >= 11 is 3.46. The Morgan fingerprint density at radius 3 is 2.50 bits per heavy atom. The molecule has 1 saturated heterocycles. The fraction of sp³-hybridized carbons (Fsp3) is 0.458. The molecule has 184 valence electrons. The first-order valence-corrected chi connectivity index (χ1v) is 13.6. The predicted molar refractivity (Wildman–Crippen MR) is 134 cm³/mol. The Labute approximate surface area is 209 Å². The van der Waals surface area contributed by atoms with Gasteiger partial charge in [-0.25, -0.2) is 8.42 Å². The average molecular weight is 552 g/mol. The van der Waals surface area contributed by atoms with Gasteiger partial charge in [-0.1, -0.05) is 0 Å². The van der Waals surface area contributed by atoms with Gasteiger partial charge in [0.05, 0.1) is 24.7 Å². The molecular weight excluding hydrogens is 522 g/mol. The number of ether oxygens (including phenoxy) is 2. The maximum absolute atomic E-state index is 13.3. The average Bonchev–Trinajstić information content (AvgIpc) is 3.67. The van der Waals surface area contributed by atoms with Gasteiger partial charge in [0.15, 0.2) is 11.5 Å². The van der Waals surface area contributed by atoms with Crippen molar-refractivity contribution < 1.29 is 22.7 Å². The molecule has 8 nitrogen and oxygen atoms in total. The molecule has 2 aromatic rings. The van der Waals surface area contributed by atoms with Gasteiger partial charge in [-0.05, 0) is 78.0 Å². The number of nitrogens with one attached hydrogen (secondary N) is 1. The first kappa shape index (κ1) is 24.8. The number of sulfonamides is 1. The van der Waals surface area contributed by atoms with E-state index in [4.69, 9.17) is 9.47 Å². The van der Waals surface area contributed by atoms with Crippen molar-refractivity contribution in [2.75, 3.05) is 51.7 Å². The zero-order valence-corrected chi connectivity index (χ0v) is 21.8. The van der Waals surface area contributed by atoms with Crippen LogP contribution in [0.5, 0.6) is 11.5 Å². The van der Waals surface area contributed by atoms with Gasteiger partial charge in [0.25, 0.3) is 15.9 Å². The Morgan fingerprint density at radius 2 is 1.79 bits per heavy atom. The molecule has 1 amide bonds. The Balaban J connectivity index is 1.49. The van der Waals surface area contributed by atoms with Crippen LogP contribution >= 0.6 is 15.9 Å². The molecule has 1 heterocycles. The van der Waals surface area contributed by atoms with Gasteiger partial charge in [0.2, 0.25) is 0 Å². The van der Waals surface area contributed by atoms with E-state index >= 15 is 0 Å². The lowest BCUT2D eigenvalue weighted by Gasteiger charge is -2.23. The number of hydrogen-bond donors (Lipinski definition) is 1. The van der Waals surface area contributed by atoms with Crippen molar-refractivity contribution in [2.45, 2.75) is 24.2 Å². The number of nitrogens with zero attached hydrogens (tertiary/aromatic N) is 2. The van der Waals surface area contributed by atoms with Crippen LogP contribution in [0.3, 0.4) is 0 Å². The van der Waals surface area contributed by atoms with E-state index in [9.17, 15) is 13.2 Å². The van der Waals surface area contributed by atoms with E-state index in [2.05, 4.69) is 25.6 Å². The van der Waals surface area contributed by atoms with Gasteiger partial charge in [-0.3, -0.25) is 9.52 Å². The Hall–Kier alpha value is -2.30. The molecule has 0 unspecified atom stereocenters. The zero-order valence-electron chi connectivity index (χ0n) is 19.4. The molecule has 0 radical (unpaired) electrons. The summed E-state index contributed by atoms with van der Waals surface area (Å²) in [6.07, 6.45) is 3.57. The van der Waals surface area contributed by atoms with Crippen molar-refractivity contribution in [3.05, 3.63) is 46.4 Å². The maximum atomic E-state index is 13.3. The van der Waals surface area contributed by atoms with Crippen LogP contribution in [0.2, 0.25) is 0 Å². The second-order valence-electron chi connectivity index (χ2n) is 8.71. The number of amides is 1. The van der Waals surface area contributed by atoms with Crippen LogP contribution in [0.25, 0.3) is 0 Å². The van der Waals surface area contributed by atoms with Crippen LogP contribution < -0.4 is 14.2 Å². The number of halogens is 1. The van der Waals surface area contributed by atoms with Gasteiger partial charge >= 0.3 is 0 Å². The maximum Gasteiger partial charge on any atom is 0.262 e. The molecule has 0 aromatic heterocycles. The lowest BCUT2D eigenvalue weighted by molar-refractivity contribution is 0.0760. The summed E-state index contributed by atoms with van der Waals surface area (Å²) < 4.78 is 39.6. The Morgan fingerprint density at radius 1 is 1.03 bits per heavy atom. The van der Waals surface area contributed by atoms with Crippen molar-refractivity contribution in [1.29, 1.82) is 0 Å². The summed E-state index contributed by atoms with van der Waals surface area (Å²) in [6.45, 7) is 4.35. The highest BCUT2D eigenvalue weighted by atomic mass is 79.9. The van der Waals surface area contributed by atoms with E-state index in [-0.39, 0.29) is 10.8 Å². The van der Waals surface area contributed by atoms with Crippen LogP contribution in [-0.2, 0) is 10.0 Å². The van der Waals surface area contributed by atoms with E-state index in [1.54, 1.807) is 18.2 Å². The number of carbonyl (C=O) groups excluding carboxylic acids is 1. The molecule has 2 aliphatic rings. The largest absolute Gasteiger partial charge is 0.493 e. The van der Waals surface area contributed by atoms with Crippen LogP contribution in [0.4, 0.5) is 5.69 Å². The monoisotopic (exact) mass is 551 g/mol. The number of benzene rings is 2. The van der Waals surface area contributed by atoms with E-state index in [1.165, 1.54) is 45.3 Å². The van der Waals surface area contributed by atoms with Crippen LogP contribution in [0.15, 0.2) is 45.8 Å². The Kier molecular flexibility index (Phi) is 7.69. The fourth-order valence-electron chi connectivity index (χ4n) is 4.14. The smallest absolute Gasteiger partial charge is 0.262 e. The van der Waals surface area contributed by atoms with Crippen LogP contribution in [0.1, 0.15) is 29.6 Å². The number of carbonyl (C=O) groups is 1. The van der Waals surface area contributed by atoms with Gasteiger partial charge in [-0.2, -0.15) is 0 Å². The molecule has 1 aliphatic heterocycles. The standard InChI is InChI=1S/C24H30BrN3O5S/c1-32-22-9-7-19(15-23(22)33-2)34(30,31)26-18-6-8-21(25)20(14-18)24(29)28-11-3-10-27(12-13-28)16-17-4-5-17/h6-9,14-15,17,26H,3-5,10-13,16H2,1-2H3. The minimum absolute atomic E-state index is 0.0317. The van der Waals surface area contributed by atoms with Crippen LogP contribution in [-0.4, -0.2) is 71.1 Å². The minimum atomic E-state index is -3.90. The highest BCUT2D eigenvalue weighted by molar-refractivity contribution is 9.10. The van der Waals surface area contributed by atoms with Crippen LogP contribution in [0, 0.1) is 5.92 Å². The summed E-state index contributed by atoms with van der Waals surface area (Å²) in [7, 11) is -0.970. The van der Waals surface area contributed by atoms with Gasteiger partial charge in [0, 0.05) is 42.4 Å². The molecule has 10 heteroatoms. The van der Waals surface area contributed by atoms with E-state index in [1.807, 2.05) is 4.90 Å². The molecule has 4 rings (SSSR count). The second-order valence-corrected chi connectivity index (χ2v) is 11.2. The molecule has 0 bridgehead atoms. The van der Waals surface area contributed by atoms with Crippen molar-refractivity contribution in [3.8, 4) is 11.5 Å². The summed E-state index contributed by atoms with van der Waals surface area (Å²) in [6, 6.07) is 9.28. The lowest BCUT2D eigenvalue weighted by Crippen LogP contribution is -2.36. The second kappa shape index (κ2) is 10.5. The van der Waals surface area contributed by atoms with Crippen molar-refractivity contribution in [1.82, 2.24) is 9.80 Å². The molecule has 0 atom stereocenters. The highest BCUT2D eigenvalue weighted by Gasteiger charge is 2.27. The first-order chi connectivity index (χ1) is 16.3. The number of methoxy groups -OCH3 is 2. The van der Waals surface area contributed by atoms with Crippen molar-refractivity contribution >= 4 is 37.5 Å². The van der Waals surface area contributed by atoms with Gasteiger partial charge < -0.3 is 19.3 Å². The summed E-state index contributed by atoms with van der Waals surface area (Å²) in [5.41, 5.74) is 0.745. The SMILES string of the molecule is COc1ccc(S(=O)(=O)Nc2ccc(Br)c(C(=O)N3CCCN(CC4CC4)CC3)c2)cc1OC. The molecule has 34 heavy (non-hydrogen) atoms. The lowest BCUT2D eigenvalue weighted by atomic mass is 10.1. The minimum Gasteiger partial charge on any atom is -0.493 e. The zero-order chi connectivity index (χ0) is 24.3. The topological polar surface area (TPSA) is 88.2 Å². The number of anilines is 1. The van der Waals surface area contributed by atoms with Gasteiger partial charge in [0.1, 0.15) is 0 Å². The molecule has 1 saturated carbocycles. The number of hydrogen-bond acceptors (Lipinski definition) is 6. The summed E-state index contributed by atoms with van der Waals surface area (Å²) in [4.78, 5) is 17.7. The quantitative estimate of drug-likeness (QED) is 0.536.